The fraction of sp³-hybridized carbons (Fsp3) is 0. The van der Waals surface area contributed by atoms with Gasteiger partial charge in [0, 0.05) is 52.3 Å². The van der Waals surface area contributed by atoms with E-state index in [0.29, 0.717) is 5.65 Å². The minimum atomic E-state index is 0.708. The molecule has 0 aromatic carbocycles. The Hall–Kier alpha value is -4.33. The third-order valence-corrected chi connectivity index (χ3v) is 4.91. The number of hydrogen-bond donors (Lipinski definition) is 2. The zero-order chi connectivity index (χ0) is 19.2. The molecule has 6 aromatic rings. The molecule has 0 unspecified atom stereocenters. The van der Waals surface area contributed by atoms with Crippen molar-refractivity contribution in [2.45, 2.75) is 0 Å². The highest BCUT2D eigenvalue weighted by atomic mass is 16.3. The first-order valence-corrected chi connectivity index (χ1v) is 8.97. The van der Waals surface area contributed by atoms with Gasteiger partial charge in [-0.25, -0.2) is 4.98 Å². The van der Waals surface area contributed by atoms with Crippen molar-refractivity contribution in [1.82, 2.24) is 35.1 Å². The summed E-state index contributed by atoms with van der Waals surface area (Å²) in [4.78, 5) is 20.8. The van der Waals surface area contributed by atoms with Gasteiger partial charge in [-0.1, -0.05) is 0 Å². The van der Waals surface area contributed by atoms with Gasteiger partial charge < -0.3 is 9.40 Å². The normalized spacial score (nSPS) is 11.4. The standard InChI is InChI=1S/C21H13N7O/c1-4-29-11-12(1)16-8-23-10-19-14(16)6-17(26-19)20-15-5-13(7-25-21(15)28-27-20)18-9-22-2-3-24-18/h1-11,26H,(H,25,27,28). The Kier molecular flexibility index (Phi) is 3.30. The second kappa shape index (κ2) is 6.10. The number of pyridine rings is 2. The highest BCUT2D eigenvalue weighted by Gasteiger charge is 2.15. The Bertz CT molecular complexity index is 1450. The summed E-state index contributed by atoms with van der Waals surface area (Å²) < 4.78 is 5.24. The fourth-order valence-electron chi connectivity index (χ4n) is 3.52. The minimum Gasteiger partial charge on any atom is -0.472 e. The average molecular weight is 379 g/mol. The summed E-state index contributed by atoms with van der Waals surface area (Å²) in [6.45, 7) is 0. The molecule has 0 aliphatic heterocycles. The van der Waals surface area contributed by atoms with E-state index in [9.17, 15) is 0 Å². The van der Waals surface area contributed by atoms with Crippen molar-refractivity contribution in [3.05, 3.63) is 67.9 Å². The van der Waals surface area contributed by atoms with Gasteiger partial charge in [-0.15, -0.1) is 0 Å². The van der Waals surface area contributed by atoms with E-state index < -0.39 is 0 Å². The molecule has 0 atom stereocenters. The first-order valence-electron chi connectivity index (χ1n) is 8.97. The Morgan fingerprint density at radius 3 is 2.72 bits per heavy atom. The minimum absolute atomic E-state index is 0.708. The maximum atomic E-state index is 5.24. The number of aromatic amines is 2. The smallest absolute Gasteiger partial charge is 0.155 e. The summed E-state index contributed by atoms with van der Waals surface area (Å²) in [6.07, 6.45) is 13.8. The largest absolute Gasteiger partial charge is 0.472 e. The quantitative estimate of drug-likeness (QED) is 0.476. The van der Waals surface area contributed by atoms with E-state index in [1.54, 1.807) is 43.5 Å². The SMILES string of the molecule is c1cnc(-c2cnc3[nH]nc(-c4cc5c(-c6ccoc6)cncc5[nH]4)c3c2)cn1. The number of nitrogens with one attached hydrogen (secondary N) is 2. The summed E-state index contributed by atoms with van der Waals surface area (Å²) in [5.74, 6) is 0. The molecule has 0 bridgehead atoms. The molecule has 6 heterocycles. The van der Waals surface area contributed by atoms with E-state index >= 15 is 0 Å². The van der Waals surface area contributed by atoms with Gasteiger partial charge in [-0.05, 0) is 18.2 Å². The number of furan rings is 1. The van der Waals surface area contributed by atoms with E-state index in [4.69, 9.17) is 4.42 Å². The van der Waals surface area contributed by atoms with Crippen LogP contribution in [0.2, 0.25) is 0 Å². The molecule has 0 saturated carbocycles. The molecule has 0 fully saturated rings. The molecule has 8 heteroatoms. The zero-order valence-corrected chi connectivity index (χ0v) is 15.0. The lowest BCUT2D eigenvalue weighted by atomic mass is 10.1. The molecule has 2 N–H and O–H groups in total. The molecule has 0 saturated heterocycles. The number of rotatable bonds is 3. The lowest BCUT2D eigenvalue weighted by molar-refractivity contribution is 0.568. The molecular formula is C21H13N7O. The van der Waals surface area contributed by atoms with Crippen molar-refractivity contribution < 1.29 is 4.42 Å². The maximum absolute atomic E-state index is 5.24. The fourth-order valence-corrected chi connectivity index (χ4v) is 3.52. The van der Waals surface area contributed by atoms with Crippen molar-refractivity contribution in [2.75, 3.05) is 0 Å². The lowest BCUT2D eigenvalue weighted by Crippen LogP contribution is -1.86. The first kappa shape index (κ1) is 15.7. The van der Waals surface area contributed by atoms with E-state index in [0.717, 1.165) is 50.1 Å². The molecule has 0 spiro atoms. The predicted octanol–water partition coefficient (Wildman–Crippen LogP) is 4.22. The van der Waals surface area contributed by atoms with Crippen molar-refractivity contribution in [3.63, 3.8) is 0 Å². The molecule has 6 aromatic heterocycles. The zero-order valence-electron chi connectivity index (χ0n) is 15.0. The predicted molar refractivity (Wildman–Crippen MR) is 108 cm³/mol. The Balaban J connectivity index is 1.53. The van der Waals surface area contributed by atoms with Crippen molar-refractivity contribution in [1.29, 1.82) is 0 Å². The first-order chi connectivity index (χ1) is 14.4. The van der Waals surface area contributed by atoms with Gasteiger partial charge in [0.05, 0.1) is 41.8 Å². The molecule has 29 heavy (non-hydrogen) atoms. The Morgan fingerprint density at radius 2 is 1.86 bits per heavy atom. The summed E-state index contributed by atoms with van der Waals surface area (Å²) in [5.41, 5.74) is 6.91. The summed E-state index contributed by atoms with van der Waals surface area (Å²) in [6, 6.07) is 6.01. The molecule has 0 aliphatic rings. The van der Waals surface area contributed by atoms with Crippen LogP contribution in [-0.4, -0.2) is 35.1 Å². The number of aromatic nitrogens is 7. The van der Waals surface area contributed by atoms with Crippen LogP contribution in [0.15, 0.2) is 72.3 Å². The molecule has 0 radical (unpaired) electrons. The maximum Gasteiger partial charge on any atom is 0.155 e. The number of fused-ring (bicyclic) bond motifs is 2. The van der Waals surface area contributed by atoms with Crippen LogP contribution in [-0.2, 0) is 0 Å². The van der Waals surface area contributed by atoms with Crippen LogP contribution >= 0.6 is 0 Å². The van der Waals surface area contributed by atoms with Gasteiger partial charge >= 0.3 is 0 Å². The van der Waals surface area contributed by atoms with Crippen LogP contribution in [0.5, 0.6) is 0 Å². The third-order valence-electron chi connectivity index (χ3n) is 4.91. The van der Waals surface area contributed by atoms with Crippen LogP contribution in [0.4, 0.5) is 0 Å². The van der Waals surface area contributed by atoms with Gasteiger partial charge in [-0.3, -0.25) is 20.1 Å². The van der Waals surface area contributed by atoms with Crippen LogP contribution < -0.4 is 0 Å². The molecule has 0 amide bonds. The number of hydrogen-bond acceptors (Lipinski definition) is 6. The summed E-state index contributed by atoms with van der Waals surface area (Å²) in [7, 11) is 0. The van der Waals surface area contributed by atoms with Gasteiger partial charge in [0.15, 0.2) is 5.65 Å². The topological polar surface area (TPSA) is 109 Å². The number of nitrogens with zero attached hydrogens (tertiary/aromatic N) is 5. The third kappa shape index (κ3) is 2.50. The van der Waals surface area contributed by atoms with Gasteiger partial charge in [-0.2, -0.15) is 5.10 Å². The highest BCUT2D eigenvalue weighted by molar-refractivity contribution is 6.00. The van der Waals surface area contributed by atoms with E-state index in [1.807, 2.05) is 18.3 Å². The second-order valence-corrected chi connectivity index (χ2v) is 6.63. The monoisotopic (exact) mass is 379 g/mol. The molecule has 0 aliphatic carbocycles. The van der Waals surface area contributed by atoms with Crippen LogP contribution in [0.1, 0.15) is 0 Å². The van der Waals surface area contributed by atoms with Crippen LogP contribution in [0.25, 0.3) is 55.7 Å². The van der Waals surface area contributed by atoms with E-state index in [-0.39, 0.29) is 0 Å². The Morgan fingerprint density at radius 1 is 0.862 bits per heavy atom. The van der Waals surface area contributed by atoms with E-state index in [2.05, 4.69) is 41.2 Å². The molecule has 138 valence electrons. The Labute approximate surface area is 163 Å². The van der Waals surface area contributed by atoms with Crippen molar-refractivity contribution >= 4 is 21.9 Å². The lowest BCUT2D eigenvalue weighted by Gasteiger charge is -2.00. The average Bonchev–Trinajstić information content (AvgIpc) is 3.52. The van der Waals surface area contributed by atoms with Crippen molar-refractivity contribution in [3.8, 4) is 33.8 Å². The van der Waals surface area contributed by atoms with Crippen molar-refractivity contribution in [2.24, 2.45) is 0 Å². The molecular weight excluding hydrogens is 366 g/mol. The highest BCUT2D eigenvalue weighted by Crippen LogP contribution is 2.34. The number of H-pyrrole nitrogens is 2. The second-order valence-electron chi connectivity index (χ2n) is 6.63. The molecule has 8 nitrogen and oxygen atoms in total. The van der Waals surface area contributed by atoms with Gasteiger partial charge in [0.2, 0.25) is 0 Å². The summed E-state index contributed by atoms with van der Waals surface area (Å²) in [5, 5.41) is 9.45. The summed E-state index contributed by atoms with van der Waals surface area (Å²) >= 11 is 0. The molecule has 6 rings (SSSR count). The van der Waals surface area contributed by atoms with E-state index in [1.165, 1.54) is 0 Å². The van der Waals surface area contributed by atoms with Crippen LogP contribution in [0.3, 0.4) is 0 Å². The van der Waals surface area contributed by atoms with Gasteiger partial charge in [0.1, 0.15) is 5.69 Å². The van der Waals surface area contributed by atoms with Gasteiger partial charge in [0.25, 0.3) is 0 Å². The van der Waals surface area contributed by atoms with Crippen LogP contribution in [0, 0.1) is 0 Å².